The van der Waals surface area contributed by atoms with Gasteiger partial charge in [-0.2, -0.15) is 0 Å². The molecule has 0 aromatic heterocycles. The fourth-order valence-corrected chi connectivity index (χ4v) is 10.1. The molecule has 0 amide bonds. The van der Waals surface area contributed by atoms with Gasteiger partial charge in [0, 0.05) is 90.0 Å². The van der Waals surface area contributed by atoms with E-state index in [1.165, 1.54) is 0 Å². The lowest BCUT2D eigenvalue weighted by Crippen LogP contribution is -2.69. The zero-order valence-electron chi connectivity index (χ0n) is 53.1. The van der Waals surface area contributed by atoms with Gasteiger partial charge in [-0.15, -0.1) is 0 Å². The molecule has 1 aromatic rings. The monoisotopic (exact) mass is 1330 g/mol. The van der Waals surface area contributed by atoms with E-state index in [2.05, 4.69) is 6.58 Å². The molecule has 34 heteroatoms. The van der Waals surface area contributed by atoms with E-state index in [4.69, 9.17) is 99.5 Å². The lowest BCUT2D eigenvalue weighted by Gasteiger charge is -2.51. The molecule has 0 spiro atoms. The number of benzene rings is 1. The molecule has 4 heterocycles. The fraction of sp³-hybridized carbons (Fsp3) is 0.644. The molecule has 20 atom stereocenters. The summed E-state index contributed by atoms with van der Waals surface area (Å²) in [5.41, 5.74) is 1.34. The second-order valence-corrected chi connectivity index (χ2v) is 21.1. The summed E-state index contributed by atoms with van der Waals surface area (Å²) < 4.78 is 124. The van der Waals surface area contributed by atoms with Gasteiger partial charge in [0.2, 0.25) is 0 Å². The topological polar surface area (TPSA) is 416 Å². The highest BCUT2D eigenvalue weighted by Crippen LogP contribution is 2.40. The Kier molecular flexibility index (Phi) is 28.5. The van der Waals surface area contributed by atoms with E-state index in [1.54, 1.807) is 30.3 Å². The molecular weight excluding hydrogens is 1250 g/mol. The highest BCUT2D eigenvalue weighted by atomic mass is 16.8. The number of hydrogen-bond acceptors (Lipinski definition) is 34. The minimum atomic E-state index is -2.22. The summed E-state index contributed by atoms with van der Waals surface area (Å²) in [5, 5.41) is 0. The lowest BCUT2D eigenvalue weighted by atomic mass is 9.94. The molecule has 0 aliphatic carbocycles. The smallest absolute Gasteiger partial charge is 0.303 e. The molecule has 4 aliphatic heterocycles. The number of esters is 13. The Morgan fingerprint density at radius 1 is 0.312 bits per heavy atom. The molecule has 4 aliphatic rings. The minimum absolute atomic E-state index is 0.215. The summed E-state index contributed by atoms with van der Waals surface area (Å²) in [6, 6.07) is 6.86. The van der Waals surface area contributed by atoms with Crippen LogP contribution in [-0.2, 0) is 168 Å². The van der Waals surface area contributed by atoms with Crippen molar-refractivity contribution in [2.24, 2.45) is 0 Å². The maximum Gasteiger partial charge on any atom is 0.303 e. The quantitative estimate of drug-likeness (QED) is 0.0856. The molecule has 516 valence electrons. The van der Waals surface area contributed by atoms with Crippen LogP contribution >= 0.6 is 0 Å². The first-order valence-electron chi connectivity index (χ1n) is 28.7. The van der Waals surface area contributed by atoms with Gasteiger partial charge in [0.25, 0.3) is 0 Å². The fourth-order valence-electron chi connectivity index (χ4n) is 10.1. The van der Waals surface area contributed by atoms with Gasteiger partial charge in [0.15, 0.2) is 80.1 Å². The van der Waals surface area contributed by atoms with E-state index in [0.29, 0.717) is 5.56 Å². The van der Waals surface area contributed by atoms with Crippen LogP contribution in [0.3, 0.4) is 0 Å². The number of hydrogen-bond donors (Lipinski definition) is 0. The molecule has 0 bridgehead atoms. The van der Waals surface area contributed by atoms with E-state index in [9.17, 15) is 62.3 Å². The van der Waals surface area contributed by atoms with Crippen LogP contribution in [0.1, 0.15) is 101 Å². The van der Waals surface area contributed by atoms with Gasteiger partial charge in [-0.3, -0.25) is 62.3 Å². The predicted octanol–water partition coefficient (Wildman–Crippen LogP) is 0.539. The molecule has 0 saturated carbocycles. The van der Waals surface area contributed by atoms with Crippen molar-refractivity contribution in [1.82, 2.24) is 0 Å². The highest BCUT2D eigenvalue weighted by Gasteiger charge is 2.62. The van der Waals surface area contributed by atoms with Gasteiger partial charge < -0.3 is 99.5 Å². The second-order valence-electron chi connectivity index (χ2n) is 21.1. The van der Waals surface area contributed by atoms with Crippen LogP contribution in [0.2, 0.25) is 0 Å². The van der Waals surface area contributed by atoms with Crippen molar-refractivity contribution in [1.29, 1.82) is 0 Å². The standard InChI is InChI=1S/C59H76O34/c1-15-38-16-18-39(19-17-38)20-77-56-52(83-34(11)69)49(80-31(8)66)45(41(87-56)22-74-26(3)61)91-58-54(85-36(13)71)51(82-33(10)68)47(43(89-58)24-76-28(5)63)93-59-55(86-37(14)72)50(81-32(9)67)46(42(90-59)23-75-27(4)62)92-57-53(84-35(12)70)48(79-30(7)65)44(78-29(6)64)40(88-57)21-73-25(2)60/h15-19,40-59H,1,20-24H2,2-14H3/t40-,41-,42-,43-,44-,45-,46-,47-,48+,49+,50+,51+,52-,53-,54-,55-,56-,57-,58-,59-/m1/s1. The van der Waals surface area contributed by atoms with Gasteiger partial charge in [0.05, 0.1) is 6.61 Å². The van der Waals surface area contributed by atoms with E-state index >= 15 is 0 Å². The molecule has 4 fully saturated rings. The molecule has 4 saturated heterocycles. The Bertz CT molecular complexity index is 2850. The van der Waals surface area contributed by atoms with Crippen LogP contribution in [0.15, 0.2) is 30.8 Å². The summed E-state index contributed by atoms with van der Waals surface area (Å²) in [7, 11) is 0. The van der Waals surface area contributed by atoms with Crippen molar-refractivity contribution in [2.75, 3.05) is 26.4 Å². The van der Waals surface area contributed by atoms with Gasteiger partial charge >= 0.3 is 77.6 Å². The largest absolute Gasteiger partial charge is 0.463 e. The average Bonchev–Trinajstić information content (AvgIpc) is 0.807. The van der Waals surface area contributed by atoms with Crippen LogP contribution in [0.4, 0.5) is 0 Å². The number of rotatable bonds is 27. The Morgan fingerprint density at radius 3 is 0.796 bits per heavy atom. The SMILES string of the molecule is C=Cc1ccc(CO[C@@H]2O[C@H](COC(C)=O)[C@@H](O[C@H]3O[C@H](COC(C)=O)[C@@H](O[C@H]4O[C@H](COC(C)=O)[C@@H](O[C@H]5O[C@H](COC(C)=O)[C@@H](OC(C)=O)[C@H](OC(C)=O)[C@H]5OC(C)=O)[C@H](OC(C)=O)[C@H]4OC(C)=O)[C@H](OC(C)=O)[C@H]3OC(C)=O)[C@H](OC(C)=O)[C@H]2OC(C)=O)cc1. The summed E-state index contributed by atoms with van der Waals surface area (Å²) in [6.45, 7) is 12.8. The molecular formula is C59H76O34. The third-order valence-electron chi connectivity index (χ3n) is 13.4. The van der Waals surface area contributed by atoms with E-state index in [1.807, 2.05) is 0 Å². The number of ether oxygens (including phenoxy) is 21. The van der Waals surface area contributed by atoms with Gasteiger partial charge in [-0.05, 0) is 11.1 Å². The molecule has 1 aromatic carbocycles. The van der Waals surface area contributed by atoms with Gasteiger partial charge in [-0.1, -0.05) is 36.9 Å². The molecule has 5 rings (SSSR count). The Labute approximate surface area is 532 Å². The van der Waals surface area contributed by atoms with Crippen LogP contribution in [0, 0.1) is 0 Å². The highest BCUT2D eigenvalue weighted by molar-refractivity contribution is 5.71. The maximum atomic E-state index is 13.4. The number of carbonyl (C=O) groups excluding carboxylic acids is 13. The van der Waals surface area contributed by atoms with Crippen molar-refractivity contribution in [3.63, 3.8) is 0 Å². The first kappa shape index (κ1) is 75.5. The van der Waals surface area contributed by atoms with Crippen LogP contribution < -0.4 is 0 Å². The van der Waals surface area contributed by atoms with E-state index < -0.39 is 227 Å². The van der Waals surface area contributed by atoms with E-state index in [0.717, 1.165) is 95.6 Å². The van der Waals surface area contributed by atoms with Crippen LogP contribution in [-0.4, -0.2) is 227 Å². The van der Waals surface area contributed by atoms with Crippen molar-refractivity contribution < 1.29 is 162 Å². The molecule has 0 N–H and O–H groups in total. The summed E-state index contributed by atoms with van der Waals surface area (Å²) >= 11 is 0. The van der Waals surface area contributed by atoms with Gasteiger partial charge in [0.1, 0.15) is 69.2 Å². The molecule has 0 radical (unpaired) electrons. The average molecular weight is 1330 g/mol. The van der Waals surface area contributed by atoms with Crippen LogP contribution in [0.5, 0.6) is 0 Å². The Morgan fingerprint density at radius 2 is 0.538 bits per heavy atom. The predicted molar refractivity (Wildman–Crippen MR) is 297 cm³/mol. The first-order chi connectivity index (χ1) is 43.7. The lowest BCUT2D eigenvalue weighted by molar-refractivity contribution is -0.389. The zero-order chi connectivity index (χ0) is 69.1. The molecule has 93 heavy (non-hydrogen) atoms. The normalized spacial score (nSPS) is 30.6. The number of carbonyl (C=O) groups is 13. The van der Waals surface area contributed by atoms with E-state index in [-0.39, 0.29) is 6.61 Å². The third kappa shape index (κ3) is 22.8. The summed E-state index contributed by atoms with van der Waals surface area (Å²) in [5.74, 6) is -13.3. The zero-order valence-corrected chi connectivity index (χ0v) is 53.1. The third-order valence-corrected chi connectivity index (χ3v) is 13.4. The van der Waals surface area contributed by atoms with Crippen molar-refractivity contribution in [3.8, 4) is 0 Å². The molecule has 0 unspecified atom stereocenters. The van der Waals surface area contributed by atoms with Crippen molar-refractivity contribution in [2.45, 2.75) is 219 Å². The minimum Gasteiger partial charge on any atom is -0.463 e. The maximum absolute atomic E-state index is 13.4. The van der Waals surface area contributed by atoms with Crippen molar-refractivity contribution >= 4 is 83.7 Å². The van der Waals surface area contributed by atoms with Gasteiger partial charge in [-0.25, -0.2) is 0 Å². The second kappa shape index (κ2) is 35.1. The Hall–Kier alpha value is -8.25. The van der Waals surface area contributed by atoms with Crippen molar-refractivity contribution in [3.05, 3.63) is 42.0 Å². The molecule has 34 nitrogen and oxygen atoms in total. The van der Waals surface area contributed by atoms with Crippen LogP contribution in [0.25, 0.3) is 6.08 Å². The first-order valence-corrected chi connectivity index (χ1v) is 28.7. The summed E-state index contributed by atoms with van der Waals surface area (Å²) in [6.07, 6.45) is -36.7. The summed E-state index contributed by atoms with van der Waals surface area (Å²) in [4.78, 5) is 168. The Balaban J connectivity index is 1.69.